The SMILES string of the molecule is CCC(=O)OC1CC=Cc2cc(-c3ccc4cc(-c5ccc6c(c5)C=CCC6OC(=O)CC)ccc4c3)ccc21. The summed E-state index contributed by atoms with van der Waals surface area (Å²) in [6.45, 7) is 3.64. The first-order valence-electron chi connectivity index (χ1n) is 14.1. The van der Waals surface area contributed by atoms with Gasteiger partial charge in [-0.25, -0.2) is 0 Å². The summed E-state index contributed by atoms with van der Waals surface area (Å²) in [6.07, 6.45) is 10.2. The third kappa shape index (κ3) is 5.10. The maximum atomic E-state index is 11.9. The van der Waals surface area contributed by atoms with Crippen molar-refractivity contribution in [1.82, 2.24) is 0 Å². The summed E-state index contributed by atoms with van der Waals surface area (Å²) in [7, 11) is 0. The van der Waals surface area contributed by atoms with Gasteiger partial charge in [0, 0.05) is 36.8 Å². The van der Waals surface area contributed by atoms with Crippen LogP contribution in [0.15, 0.2) is 84.9 Å². The Balaban J connectivity index is 1.26. The number of ether oxygens (including phenoxy) is 2. The molecule has 0 fully saturated rings. The van der Waals surface area contributed by atoms with E-state index in [2.05, 4.69) is 97.1 Å². The van der Waals surface area contributed by atoms with Crippen LogP contribution in [-0.4, -0.2) is 11.9 Å². The average Bonchev–Trinajstić information content (AvgIpc) is 3.00. The molecular weight excluding hydrogens is 496 g/mol. The molecule has 0 saturated carbocycles. The Morgan fingerprint density at radius 3 is 1.43 bits per heavy atom. The zero-order chi connectivity index (χ0) is 27.6. The minimum absolute atomic E-state index is 0.169. The predicted octanol–water partition coefficient (Wildman–Crippen LogP) is 9.00. The van der Waals surface area contributed by atoms with Crippen LogP contribution in [0.25, 0.3) is 45.2 Å². The summed E-state index contributed by atoms with van der Waals surface area (Å²) in [6, 6.07) is 25.9. The second-order valence-corrected chi connectivity index (χ2v) is 10.4. The van der Waals surface area contributed by atoms with Crippen molar-refractivity contribution in [2.75, 3.05) is 0 Å². The maximum absolute atomic E-state index is 11.9. The topological polar surface area (TPSA) is 52.6 Å². The highest BCUT2D eigenvalue weighted by Crippen LogP contribution is 2.37. The van der Waals surface area contributed by atoms with Crippen LogP contribution in [0.1, 0.15) is 74.0 Å². The van der Waals surface area contributed by atoms with Crippen molar-refractivity contribution in [2.24, 2.45) is 0 Å². The molecule has 4 nitrogen and oxygen atoms in total. The van der Waals surface area contributed by atoms with Crippen molar-refractivity contribution in [3.63, 3.8) is 0 Å². The number of esters is 2. The van der Waals surface area contributed by atoms with E-state index in [4.69, 9.17) is 9.47 Å². The van der Waals surface area contributed by atoms with E-state index >= 15 is 0 Å². The Hall–Kier alpha value is -4.44. The summed E-state index contributed by atoms with van der Waals surface area (Å²) in [5.41, 5.74) is 8.89. The molecule has 0 aliphatic heterocycles. The summed E-state index contributed by atoms with van der Waals surface area (Å²) in [5, 5.41) is 2.35. The van der Waals surface area contributed by atoms with Gasteiger partial charge in [-0.2, -0.15) is 0 Å². The molecule has 0 heterocycles. The molecule has 0 bridgehead atoms. The Bertz CT molecular complexity index is 1550. The van der Waals surface area contributed by atoms with Gasteiger partial charge in [-0.05, 0) is 68.4 Å². The maximum Gasteiger partial charge on any atom is 0.306 e. The minimum Gasteiger partial charge on any atom is -0.457 e. The lowest BCUT2D eigenvalue weighted by atomic mass is 9.90. The van der Waals surface area contributed by atoms with Gasteiger partial charge in [-0.3, -0.25) is 9.59 Å². The van der Waals surface area contributed by atoms with Gasteiger partial charge in [-0.1, -0.05) is 86.7 Å². The Labute approximate surface area is 234 Å². The van der Waals surface area contributed by atoms with E-state index in [1.807, 2.05) is 13.8 Å². The molecule has 2 atom stereocenters. The lowest BCUT2D eigenvalue weighted by molar-refractivity contribution is -0.149. The van der Waals surface area contributed by atoms with Crippen LogP contribution < -0.4 is 0 Å². The summed E-state index contributed by atoms with van der Waals surface area (Å²) < 4.78 is 11.3. The standard InChI is InChI=1S/C36H32O4/c1-3-35(37)39-33-9-5-7-29-21-27(15-17-31(29)33)25-13-11-24-20-26(14-12-23(24)19-25)28-16-18-32-30(22-28)8-6-10-34(32)40-36(38)4-2/h5-8,11-22,33-34H,3-4,9-10H2,1-2H3. The van der Waals surface area contributed by atoms with Crippen LogP contribution >= 0.6 is 0 Å². The van der Waals surface area contributed by atoms with Crippen molar-refractivity contribution in [2.45, 2.75) is 51.7 Å². The molecule has 0 aromatic heterocycles. The molecule has 2 aliphatic rings. The third-order valence-corrected chi connectivity index (χ3v) is 7.79. The quantitative estimate of drug-likeness (QED) is 0.234. The molecule has 0 N–H and O–H groups in total. The van der Waals surface area contributed by atoms with Crippen molar-refractivity contribution in [3.8, 4) is 22.3 Å². The van der Waals surface area contributed by atoms with Gasteiger partial charge in [0.05, 0.1) is 0 Å². The van der Waals surface area contributed by atoms with E-state index < -0.39 is 0 Å². The van der Waals surface area contributed by atoms with Crippen LogP contribution in [0.2, 0.25) is 0 Å². The number of carbonyl (C=O) groups is 2. The smallest absolute Gasteiger partial charge is 0.306 e. The van der Waals surface area contributed by atoms with Crippen LogP contribution in [-0.2, 0) is 19.1 Å². The van der Waals surface area contributed by atoms with Crippen molar-refractivity contribution < 1.29 is 19.1 Å². The number of fused-ring (bicyclic) bond motifs is 3. The predicted molar refractivity (Wildman–Crippen MR) is 160 cm³/mol. The fourth-order valence-corrected chi connectivity index (χ4v) is 5.59. The normalized spacial score (nSPS) is 17.2. The largest absolute Gasteiger partial charge is 0.457 e. The summed E-state index contributed by atoms with van der Waals surface area (Å²) in [5.74, 6) is -0.337. The molecular formula is C36H32O4. The van der Waals surface area contributed by atoms with E-state index in [0.29, 0.717) is 25.7 Å². The van der Waals surface area contributed by atoms with Gasteiger partial charge >= 0.3 is 11.9 Å². The summed E-state index contributed by atoms with van der Waals surface area (Å²) >= 11 is 0. The lowest BCUT2D eigenvalue weighted by Crippen LogP contribution is -2.13. The highest BCUT2D eigenvalue weighted by atomic mass is 16.5. The molecule has 0 spiro atoms. The second kappa shape index (κ2) is 11.0. The Morgan fingerprint density at radius 2 is 1.00 bits per heavy atom. The minimum atomic E-state index is -0.215. The Kier molecular flexibility index (Phi) is 7.08. The lowest BCUT2D eigenvalue weighted by Gasteiger charge is -2.22. The molecule has 4 aromatic rings. The van der Waals surface area contributed by atoms with Gasteiger partial charge < -0.3 is 9.47 Å². The first kappa shape index (κ1) is 25.8. The van der Waals surface area contributed by atoms with Crippen LogP contribution in [0.5, 0.6) is 0 Å². The number of hydrogen-bond acceptors (Lipinski definition) is 4. The molecule has 40 heavy (non-hydrogen) atoms. The number of hydrogen-bond donors (Lipinski definition) is 0. The fourth-order valence-electron chi connectivity index (χ4n) is 5.59. The molecule has 0 radical (unpaired) electrons. The number of rotatable bonds is 6. The first-order chi connectivity index (χ1) is 19.5. The van der Waals surface area contributed by atoms with E-state index in [-0.39, 0.29) is 24.1 Å². The molecule has 4 aromatic carbocycles. The molecule has 2 unspecified atom stereocenters. The van der Waals surface area contributed by atoms with Gasteiger partial charge in [0.15, 0.2) is 0 Å². The molecule has 0 amide bonds. The Morgan fingerprint density at radius 1 is 0.600 bits per heavy atom. The van der Waals surface area contributed by atoms with Gasteiger partial charge in [0.2, 0.25) is 0 Å². The van der Waals surface area contributed by atoms with Gasteiger partial charge in [0.1, 0.15) is 12.2 Å². The van der Waals surface area contributed by atoms with Gasteiger partial charge in [-0.15, -0.1) is 0 Å². The van der Waals surface area contributed by atoms with Crippen LogP contribution in [0, 0.1) is 0 Å². The first-order valence-corrected chi connectivity index (χ1v) is 14.1. The fraction of sp³-hybridized carbons (Fsp3) is 0.222. The highest BCUT2D eigenvalue weighted by Gasteiger charge is 2.22. The second-order valence-electron chi connectivity index (χ2n) is 10.4. The van der Waals surface area contributed by atoms with E-state index in [1.54, 1.807) is 0 Å². The zero-order valence-electron chi connectivity index (χ0n) is 22.9. The monoisotopic (exact) mass is 528 g/mol. The summed E-state index contributed by atoms with van der Waals surface area (Å²) in [4.78, 5) is 23.7. The number of carbonyl (C=O) groups excluding carboxylic acids is 2. The van der Waals surface area contributed by atoms with Gasteiger partial charge in [0.25, 0.3) is 0 Å². The molecule has 2 aliphatic carbocycles. The van der Waals surface area contributed by atoms with Crippen LogP contribution in [0.3, 0.4) is 0 Å². The van der Waals surface area contributed by atoms with Crippen molar-refractivity contribution in [1.29, 1.82) is 0 Å². The van der Waals surface area contributed by atoms with E-state index in [9.17, 15) is 9.59 Å². The van der Waals surface area contributed by atoms with E-state index in [0.717, 1.165) is 44.5 Å². The van der Waals surface area contributed by atoms with Crippen molar-refractivity contribution in [3.05, 3.63) is 107 Å². The van der Waals surface area contributed by atoms with Crippen molar-refractivity contribution >= 4 is 34.9 Å². The molecule has 200 valence electrons. The molecule has 6 rings (SSSR count). The zero-order valence-corrected chi connectivity index (χ0v) is 22.9. The average molecular weight is 529 g/mol. The highest BCUT2D eigenvalue weighted by molar-refractivity contribution is 5.91. The van der Waals surface area contributed by atoms with Crippen LogP contribution in [0.4, 0.5) is 0 Å². The third-order valence-electron chi connectivity index (χ3n) is 7.79. The molecule has 0 saturated heterocycles. The van der Waals surface area contributed by atoms with E-state index in [1.165, 1.54) is 10.8 Å². The number of benzene rings is 4. The molecule has 4 heteroatoms.